The Morgan fingerprint density at radius 2 is 2.15 bits per heavy atom. The molecule has 1 fully saturated rings. The number of carbonyl (C=O) groups excluding carboxylic acids is 1. The molecule has 1 rings (SSSR count). The van der Waals surface area contributed by atoms with Gasteiger partial charge in [-0.2, -0.15) is 11.8 Å². The Kier molecular flexibility index (Phi) is 7.80. The predicted octanol–water partition coefficient (Wildman–Crippen LogP) is 2.60. The molecule has 1 aliphatic rings. The molecule has 1 aliphatic carbocycles. The topological polar surface area (TPSA) is 78.4 Å². The number of carbonyl (C=O) groups is 2. The molecule has 5 nitrogen and oxygen atoms in total. The molecule has 116 valence electrons. The minimum atomic E-state index is -0.959. The lowest BCUT2D eigenvalue weighted by atomic mass is 9.95. The van der Waals surface area contributed by atoms with E-state index in [1.807, 2.05) is 18.7 Å². The number of carboxylic acids is 1. The second-order valence-corrected chi connectivity index (χ2v) is 6.51. The van der Waals surface area contributed by atoms with Crippen LogP contribution in [0.3, 0.4) is 0 Å². The molecule has 0 bridgehead atoms. The lowest BCUT2D eigenvalue weighted by Gasteiger charge is -2.29. The van der Waals surface area contributed by atoms with Crippen molar-refractivity contribution >= 4 is 23.8 Å². The number of aliphatic carboxylic acids is 1. The van der Waals surface area contributed by atoms with Crippen LogP contribution in [0.15, 0.2) is 0 Å². The van der Waals surface area contributed by atoms with Gasteiger partial charge in [0.1, 0.15) is 6.04 Å². The third-order valence-corrected chi connectivity index (χ3v) is 4.84. The first-order valence-electron chi connectivity index (χ1n) is 7.39. The molecule has 3 N–H and O–H groups in total. The van der Waals surface area contributed by atoms with E-state index in [0.717, 1.165) is 32.1 Å². The lowest BCUT2D eigenvalue weighted by molar-refractivity contribution is -0.139. The van der Waals surface area contributed by atoms with Gasteiger partial charge in [0.2, 0.25) is 0 Å². The highest BCUT2D eigenvalue weighted by molar-refractivity contribution is 7.99. The Hall–Kier alpha value is -0.910. The fraction of sp³-hybridized carbons (Fsp3) is 0.857. The highest BCUT2D eigenvalue weighted by Gasteiger charge is 2.24. The van der Waals surface area contributed by atoms with Gasteiger partial charge in [0.25, 0.3) is 0 Å². The van der Waals surface area contributed by atoms with Crippen molar-refractivity contribution in [3.8, 4) is 0 Å². The summed E-state index contributed by atoms with van der Waals surface area (Å²) in [4.78, 5) is 23.0. The van der Waals surface area contributed by atoms with Gasteiger partial charge in [0.05, 0.1) is 0 Å². The molecular formula is C14H26N2O3S. The number of urea groups is 1. The summed E-state index contributed by atoms with van der Waals surface area (Å²) in [5.74, 6) is -0.959. The van der Waals surface area contributed by atoms with E-state index in [1.54, 1.807) is 0 Å². The van der Waals surface area contributed by atoms with E-state index in [9.17, 15) is 9.59 Å². The summed E-state index contributed by atoms with van der Waals surface area (Å²) in [5.41, 5.74) is 0. The zero-order chi connectivity index (χ0) is 15.0. The molecular weight excluding hydrogens is 276 g/mol. The van der Waals surface area contributed by atoms with E-state index in [4.69, 9.17) is 5.11 Å². The molecule has 2 amide bonds. The van der Waals surface area contributed by atoms with Crippen molar-refractivity contribution < 1.29 is 14.7 Å². The molecule has 6 heteroatoms. The minimum Gasteiger partial charge on any atom is -0.480 e. The average Bonchev–Trinajstić information content (AvgIpc) is 2.43. The van der Waals surface area contributed by atoms with Gasteiger partial charge in [-0.25, -0.2) is 9.59 Å². The molecule has 3 atom stereocenters. The number of hydrogen-bond donors (Lipinski definition) is 3. The molecule has 0 saturated heterocycles. The van der Waals surface area contributed by atoms with E-state index in [1.165, 1.54) is 6.42 Å². The normalized spacial score (nSPS) is 23.9. The van der Waals surface area contributed by atoms with Crippen LogP contribution in [0.4, 0.5) is 4.79 Å². The van der Waals surface area contributed by atoms with Crippen molar-refractivity contribution in [1.29, 1.82) is 0 Å². The van der Waals surface area contributed by atoms with Crippen LogP contribution >= 0.6 is 11.8 Å². The third-order valence-electron chi connectivity index (χ3n) is 3.74. The fourth-order valence-electron chi connectivity index (χ4n) is 2.54. The Morgan fingerprint density at radius 3 is 2.75 bits per heavy atom. The van der Waals surface area contributed by atoms with Crippen LogP contribution in [0.25, 0.3) is 0 Å². The number of amides is 2. The number of nitrogens with one attached hydrogen (secondary N) is 2. The molecule has 1 saturated carbocycles. The quantitative estimate of drug-likeness (QED) is 0.675. The molecule has 2 unspecified atom stereocenters. The molecule has 0 aromatic carbocycles. The van der Waals surface area contributed by atoms with Crippen LogP contribution in [0.2, 0.25) is 0 Å². The Bertz CT molecular complexity index is 326. The number of thioether (sulfide) groups is 1. The lowest BCUT2D eigenvalue weighted by Crippen LogP contribution is -2.50. The van der Waals surface area contributed by atoms with E-state index in [-0.39, 0.29) is 12.1 Å². The summed E-state index contributed by atoms with van der Waals surface area (Å²) < 4.78 is 0. The zero-order valence-electron chi connectivity index (χ0n) is 12.4. The van der Waals surface area contributed by atoms with Gasteiger partial charge in [-0.15, -0.1) is 0 Å². The second kappa shape index (κ2) is 9.10. The maximum Gasteiger partial charge on any atom is 0.326 e. The smallest absolute Gasteiger partial charge is 0.326 e. The van der Waals surface area contributed by atoms with Crippen LogP contribution in [-0.4, -0.2) is 40.7 Å². The largest absolute Gasteiger partial charge is 0.480 e. The Balaban J connectivity index is 2.38. The van der Waals surface area contributed by atoms with Gasteiger partial charge in [-0.1, -0.05) is 26.2 Å². The van der Waals surface area contributed by atoms with E-state index in [2.05, 4.69) is 16.9 Å². The maximum absolute atomic E-state index is 11.9. The van der Waals surface area contributed by atoms with Crippen molar-refractivity contribution in [2.45, 2.75) is 69.2 Å². The number of unbranched alkanes of at least 4 members (excludes halogenated alkanes) is 1. The fourth-order valence-corrected chi connectivity index (χ4v) is 3.37. The standard InChI is InChI=1S/C14H26N2O3S/c1-3-4-8-12(13(17)18)16-14(19)15-10-6-5-7-11(9-10)20-2/h10-12H,3-9H2,1-2H3,(H,17,18)(H2,15,16,19)/t10?,11?,12-/m0/s1. The zero-order valence-corrected chi connectivity index (χ0v) is 13.2. The van der Waals surface area contributed by atoms with E-state index >= 15 is 0 Å². The highest BCUT2D eigenvalue weighted by atomic mass is 32.2. The monoisotopic (exact) mass is 302 g/mol. The molecule has 0 radical (unpaired) electrons. The highest BCUT2D eigenvalue weighted by Crippen LogP contribution is 2.26. The van der Waals surface area contributed by atoms with Crippen LogP contribution in [-0.2, 0) is 4.79 Å². The van der Waals surface area contributed by atoms with Gasteiger partial charge in [-0.3, -0.25) is 0 Å². The average molecular weight is 302 g/mol. The van der Waals surface area contributed by atoms with Crippen LogP contribution < -0.4 is 10.6 Å². The summed E-state index contributed by atoms with van der Waals surface area (Å²) in [6, 6.07) is -0.961. The van der Waals surface area contributed by atoms with Gasteiger partial charge < -0.3 is 15.7 Å². The number of hydrogen-bond acceptors (Lipinski definition) is 3. The van der Waals surface area contributed by atoms with E-state index in [0.29, 0.717) is 11.7 Å². The number of rotatable bonds is 7. The van der Waals surface area contributed by atoms with Gasteiger partial charge >= 0.3 is 12.0 Å². The van der Waals surface area contributed by atoms with Crippen LogP contribution in [0.5, 0.6) is 0 Å². The molecule has 0 spiro atoms. The molecule has 20 heavy (non-hydrogen) atoms. The molecule has 0 aromatic rings. The third kappa shape index (κ3) is 6.03. The van der Waals surface area contributed by atoms with Crippen LogP contribution in [0.1, 0.15) is 51.9 Å². The van der Waals surface area contributed by atoms with Gasteiger partial charge in [-0.05, 0) is 31.9 Å². The predicted molar refractivity (Wildman–Crippen MR) is 82.2 cm³/mol. The summed E-state index contributed by atoms with van der Waals surface area (Å²) in [5, 5.41) is 15.2. The Morgan fingerprint density at radius 1 is 1.40 bits per heavy atom. The van der Waals surface area contributed by atoms with Crippen molar-refractivity contribution in [2.75, 3.05) is 6.26 Å². The van der Waals surface area contributed by atoms with Crippen LogP contribution in [0, 0.1) is 0 Å². The van der Waals surface area contributed by atoms with Crippen molar-refractivity contribution in [3.63, 3.8) is 0 Å². The summed E-state index contributed by atoms with van der Waals surface area (Å²) in [7, 11) is 0. The van der Waals surface area contributed by atoms with E-state index < -0.39 is 12.0 Å². The van der Waals surface area contributed by atoms with Crippen molar-refractivity contribution in [1.82, 2.24) is 10.6 Å². The summed E-state index contributed by atoms with van der Waals surface area (Å²) in [6.45, 7) is 2.00. The van der Waals surface area contributed by atoms with Crippen molar-refractivity contribution in [2.24, 2.45) is 0 Å². The molecule has 0 aromatic heterocycles. The minimum absolute atomic E-state index is 0.168. The molecule has 0 aliphatic heterocycles. The SMILES string of the molecule is CCCC[C@H](NC(=O)NC1CCCC(SC)C1)C(=O)O. The first kappa shape index (κ1) is 17.1. The Labute approximate surface area is 125 Å². The first-order chi connectivity index (χ1) is 9.56. The molecule has 0 heterocycles. The van der Waals surface area contributed by atoms with Gasteiger partial charge in [0, 0.05) is 11.3 Å². The maximum atomic E-state index is 11.9. The first-order valence-corrected chi connectivity index (χ1v) is 8.68. The van der Waals surface area contributed by atoms with Gasteiger partial charge in [0.15, 0.2) is 0 Å². The summed E-state index contributed by atoms with van der Waals surface area (Å²) >= 11 is 1.84. The number of carboxylic acid groups (broad SMARTS) is 1. The van der Waals surface area contributed by atoms with Crippen molar-refractivity contribution in [3.05, 3.63) is 0 Å². The second-order valence-electron chi connectivity index (χ2n) is 5.37. The summed E-state index contributed by atoms with van der Waals surface area (Å²) in [6.07, 6.45) is 8.58.